The van der Waals surface area contributed by atoms with Gasteiger partial charge in [0.1, 0.15) is 22.9 Å². The number of alkyl halides is 3. The molecule has 6 rings (SSSR count). The second kappa shape index (κ2) is 9.13. The van der Waals surface area contributed by atoms with Gasteiger partial charge in [0.25, 0.3) is 10.9 Å². The van der Waals surface area contributed by atoms with Gasteiger partial charge in [0, 0.05) is 42.8 Å². The summed E-state index contributed by atoms with van der Waals surface area (Å²) in [5.74, 6) is 0.786. The highest BCUT2D eigenvalue weighted by Gasteiger charge is 2.34. The number of thiophene rings is 1. The fourth-order valence-corrected chi connectivity index (χ4v) is 5.55. The van der Waals surface area contributed by atoms with E-state index in [0.717, 1.165) is 37.3 Å². The van der Waals surface area contributed by atoms with Crippen molar-refractivity contribution < 1.29 is 13.2 Å². The summed E-state index contributed by atoms with van der Waals surface area (Å²) in [6, 6.07) is 4.56. The van der Waals surface area contributed by atoms with Crippen LogP contribution in [0.4, 0.5) is 30.4 Å². The monoisotopic (exact) mass is 527 g/mol. The van der Waals surface area contributed by atoms with Crippen LogP contribution >= 0.6 is 11.3 Å². The minimum Gasteiger partial charge on any atom is -0.377 e. The molecule has 0 atom stereocenters. The van der Waals surface area contributed by atoms with Crippen LogP contribution in [0.2, 0.25) is 0 Å². The number of fused-ring (bicyclic) bond motifs is 1. The molecule has 1 aromatic carbocycles. The molecule has 0 spiro atoms. The lowest BCUT2D eigenvalue weighted by Gasteiger charge is -2.35. The number of nitrogens with zero attached hydrogens (tertiary/aromatic N) is 3. The second-order valence-corrected chi connectivity index (χ2v) is 10.5. The predicted molar refractivity (Wildman–Crippen MR) is 139 cm³/mol. The quantitative estimate of drug-likeness (QED) is 0.332. The number of pyridine rings is 2. The van der Waals surface area contributed by atoms with Crippen LogP contribution in [0.1, 0.15) is 31.4 Å². The van der Waals surface area contributed by atoms with E-state index in [9.17, 15) is 22.8 Å². The minimum atomic E-state index is -4.54. The lowest BCUT2D eigenvalue weighted by atomic mass is 9.95. The summed E-state index contributed by atoms with van der Waals surface area (Å²) in [6.07, 6.45) is 0.710. The van der Waals surface area contributed by atoms with Gasteiger partial charge < -0.3 is 15.5 Å². The van der Waals surface area contributed by atoms with E-state index in [1.807, 2.05) is 21.7 Å². The first-order chi connectivity index (χ1) is 17.8. The third kappa shape index (κ3) is 4.56. The van der Waals surface area contributed by atoms with Gasteiger partial charge in [-0.1, -0.05) is 0 Å². The van der Waals surface area contributed by atoms with Gasteiger partial charge in [-0.05, 0) is 66.1 Å². The molecular formula is C26H24F3N5O2S. The van der Waals surface area contributed by atoms with Crippen LogP contribution < -0.4 is 26.4 Å². The van der Waals surface area contributed by atoms with Gasteiger partial charge in [-0.25, -0.2) is 9.97 Å². The highest BCUT2D eigenvalue weighted by molar-refractivity contribution is 7.08. The molecule has 1 aliphatic heterocycles. The third-order valence-corrected chi connectivity index (χ3v) is 7.83. The van der Waals surface area contributed by atoms with Crippen molar-refractivity contribution in [3.8, 4) is 11.1 Å². The largest absolute Gasteiger partial charge is 0.433 e. The smallest absolute Gasteiger partial charge is 0.377 e. The second-order valence-electron chi connectivity index (χ2n) is 9.73. The van der Waals surface area contributed by atoms with Gasteiger partial charge in [0.05, 0.1) is 5.52 Å². The number of rotatable bonds is 7. The molecule has 4 heterocycles. The molecule has 1 aliphatic carbocycles. The first-order valence-corrected chi connectivity index (χ1v) is 13.2. The number of piperidine rings is 1. The molecule has 1 saturated heterocycles. The van der Waals surface area contributed by atoms with Gasteiger partial charge >= 0.3 is 6.18 Å². The van der Waals surface area contributed by atoms with E-state index < -0.39 is 22.7 Å². The molecule has 3 aromatic heterocycles. The topological polar surface area (TPSA) is 87.2 Å². The maximum Gasteiger partial charge on any atom is 0.433 e. The number of hydrogen-bond acceptors (Lipinski definition) is 8. The number of hydrogen-bond donors (Lipinski definition) is 2. The molecule has 0 unspecified atom stereocenters. The Morgan fingerprint density at radius 1 is 1.05 bits per heavy atom. The summed E-state index contributed by atoms with van der Waals surface area (Å²) >= 11 is 1.46. The van der Waals surface area contributed by atoms with Crippen molar-refractivity contribution in [2.24, 2.45) is 5.92 Å². The molecule has 11 heteroatoms. The molecule has 0 amide bonds. The molecule has 4 aromatic rings. The van der Waals surface area contributed by atoms with E-state index in [4.69, 9.17) is 0 Å². The molecule has 192 valence electrons. The summed E-state index contributed by atoms with van der Waals surface area (Å²) in [7, 11) is 0. The first-order valence-electron chi connectivity index (χ1n) is 12.3. The summed E-state index contributed by atoms with van der Waals surface area (Å²) in [6.45, 7) is 1.92. The van der Waals surface area contributed by atoms with Crippen molar-refractivity contribution in [1.29, 1.82) is 0 Å². The van der Waals surface area contributed by atoms with Crippen molar-refractivity contribution in [3.05, 3.63) is 61.3 Å². The van der Waals surface area contributed by atoms with Crippen LogP contribution in [0, 0.1) is 5.92 Å². The third-order valence-electron chi connectivity index (χ3n) is 7.15. The Balaban J connectivity index is 1.17. The Hall–Kier alpha value is -3.47. The zero-order valence-corrected chi connectivity index (χ0v) is 20.6. The van der Waals surface area contributed by atoms with Gasteiger partial charge in [-0.3, -0.25) is 9.59 Å². The Morgan fingerprint density at radius 2 is 1.84 bits per heavy atom. The minimum absolute atomic E-state index is 0.260. The van der Waals surface area contributed by atoms with Gasteiger partial charge in [-0.15, -0.1) is 0 Å². The van der Waals surface area contributed by atoms with Gasteiger partial charge in [-0.2, -0.15) is 24.5 Å². The maximum absolute atomic E-state index is 13.4. The molecule has 7 nitrogen and oxygen atoms in total. The zero-order valence-electron chi connectivity index (χ0n) is 19.8. The molecule has 37 heavy (non-hydrogen) atoms. The van der Waals surface area contributed by atoms with Gasteiger partial charge in [0.15, 0.2) is 0 Å². The van der Waals surface area contributed by atoms with E-state index in [1.54, 1.807) is 6.20 Å². The fourth-order valence-electron chi connectivity index (χ4n) is 4.89. The average molecular weight is 528 g/mol. The van der Waals surface area contributed by atoms with Crippen LogP contribution in [-0.4, -0.2) is 35.6 Å². The normalized spacial score (nSPS) is 17.0. The van der Waals surface area contributed by atoms with Crippen LogP contribution in [-0.2, 0) is 6.18 Å². The maximum atomic E-state index is 13.4. The Bertz CT molecular complexity index is 1520. The molecule has 2 aliphatic rings. The lowest BCUT2D eigenvalue weighted by molar-refractivity contribution is -0.140. The number of nitrogens with one attached hydrogen (secondary N) is 2. The highest BCUT2D eigenvalue weighted by atomic mass is 32.1. The van der Waals surface area contributed by atoms with Crippen molar-refractivity contribution in [1.82, 2.24) is 9.97 Å². The summed E-state index contributed by atoms with van der Waals surface area (Å²) < 4.78 is 40.2. The van der Waals surface area contributed by atoms with Crippen molar-refractivity contribution in [2.45, 2.75) is 37.9 Å². The van der Waals surface area contributed by atoms with E-state index in [1.165, 1.54) is 17.4 Å². The molecule has 2 fully saturated rings. The lowest BCUT2D eigenvalue weighted by Crippen LogP contribution is -2.46. The SMILES string of the molecule is O=c1c(NC2CC2)c(N2CCC(CNc3ncc(-c4ccsc4)c4nc(C(F)(F)F)ccc34)CC2)c1=O. The molecular weight excluding hydrogens is 503 g/mol. The van der Waals surface area contributed by atoms with Crippen LogP contribution in [0.5, 0.6) is 0 Å². The van der Waals surface area contributed by atoms with Crippen LogP contribution in [0.3, 0.4) is 0 Å². The van der Waals surface area contributed by atoms with Gasteiger partial charge in [0.2, 0.25) is 0 Å². The summed E-state index contributed by atoms with van der Waals surface area (Å²) in [5.41, 5.74) is 0.824. The standard InChI is InChI=1S/C26H24F3N5O2S/c27-26(28,29)19-4-3-17-20(33-19)18(15-7-10-37-13-15)12-31-25(17)30-11-14-5-8-34(9-6-14)22-21(23(35)24(22)36)32-16-1-2-16/h3-4,7,10,12-14,16,32H,1-2,5-6,8-9,11H2,(H,30,31). The molecule has 1 saturated carbocycles. The fraction of sp³-hybridized carbons (Fsp3) is 0.385. The molecule has 0 bridgehead atoms. The van der Waals surface area contributed by atoms with Crippen LogP contribution in [0.25, 0.3) is 22.0 Å². The number of aromatic nitrogens is 2. The number of anilines is 3. The van der Waals surface area contributed by atoms with Crippen molar-refractivity contribution in [3.63, 3.8) is 0 Å². The Kier molecular flexibility index (Phi) is 5.89. The van der Waals surface area contributed by atoms with E-state index in [2.05, 4.69) is 20.6 Å². The van der Waals surface area contributed by atoms with Crippen LogP contribution in [0.15, 0.2) is 44.7 Å². The molecule has 0 radical (unpaired) electrons. The zero-order chi connectivity index (χ0) is 25.7. The van der Waals surface area contributed by atoms with Crippen molar-refractivity contribution in [2.75, 3.05) is 35.2 Å². The average Bonchev–Trinajstić information content (AvgIpc) is 3.56. The predicted octanol–water partition coefficient (Wildman–Crippen LogP) is 4.88. The van der Waals surface area contributed by atoms with Crippen molar-refractivity contribution >= 4 is 39.4 Å². The van der Waals surface area contributed by atoms with E-state index in [-0.39, 0.29) is 5.52 Å². The highest BCUT2D eigenvalue weighted by Crippen LogP contribution is 2.36. The number of halogens is 3. The van der Waals surface area contributed by atoms with E-state index >= 15 is 0 Å². The summed E-state index contributed by atoms with van der Waals surface area (Å²) in [4.78, 5) is 34.7. The van der Waals surface area contributed by atoms with E-state index in [0.29, 0.717) is 59.7 Å². The summed E-state index contributed by atoms with van der Waals surface area (Å²) in [5, 5.41) is 10.8. The Morgan fingerprint density at radius 3 is 2.51 bits per heavy atom. The Labute approximate surface area is 214 Å². The first kappa shape index (κ1) is 23.9. The molecule has 2 N–H and O–H groups in total.